The Labute approximate surface area is 64.4 Å². The molecule has 0 aliphatic carbocycles. The largest absolute Gasteiger partial charge is 0.572 e. The first-order valence-electron chi connectivity index (χ1n) is 3.19. The third kappa shape index (κ3) is 7.27. The van der Waals surface area contributed by atoms with Crippen molar-refractivity contribution >= 4 is 23.2 Å². The van der Waals surface area contributed by atoms with Crippen LogP contribution in [0, 0.1) is 0 Å². The summed E-state index contributed by atoms with van der Waals surface area (Å²) in [6, 6.07) is 0. The lowest BCUT2D eigenvalue weighted by Crippen LogP contribution is -2.07. The fraction of sp³-hybridized carbons (Fsp3) is 0.200. The molecule has 0 spiro atoms. The smallest absolute Gasteiger partial charge is 0.376 e. The summed E-state index contributed by atoms with van der Waals surface area (Å²) in [6.07, 6.45) is 0. The molecule has 0 N–H and O–H groups in total. The molecule has 0 aromatic rings. The molecule has 0 aromatic carbocycles. The standard InChI is InChI=1S/C5H11B3O2/c1-4(6)9-3-8-10-5(2)7/h8H,1-3,6-7H2. The highest BCUT2D eigenvalue weighted by molar-refractivity contribution is 6.31. The van der Waals surface area contributed by atoms with Gasteiger partial charge in [0.25, 0.3) is 0 Å². The lowest BCUT2D eigenvalue weighted by atomic mass is 10.0. The fourth-order valence-corrected chi connectivity index (χ4v) is 0.432. The van der Waals surface area contributed by atoms with E-state index in [4.69, 9.17) is 9.39 Å². The van der Waals surface area contributed by atoms with Gasteiger partial charge in [-0.05, 0) is 0 Å². The van der Waals surface area contributed by atoms with Crippen LogP contribution in [0.3, 0.4) is 0 Å². The number of ether oxygens (including phenoxy) is 1. The molecule has 0 saturated carbocycles. The molecule has 0 amide bonds. The molecule has 0 fully saturated rings. The minimum absolute atomic E-state index is 0.544. The van der Waals surface area contributed by atoms with E-state index in [1.165, 1.54) is 0 Å². The van der Waals surface area contributed by atoms with Crippen LogP contribution in [0.2, 0.25) is 0 Å². The normalized spacial score (nSPS) is 8.00. The van der Waals surface area contributed by atoms with E-state index in [0.29, 0.717) is 25.3 Å². The van der Waals surface area contributed by atoms with Crippen LogP contribution in [0.1, 0.15) is 0 Å². The molecular weight excluding hydrogens is 124 g/mol. The molecule has 0 rings (SSSR count). The molecule has 0 bridgehead atoms. The summed E-state index contributed by atoms with van der Waals surface area (Å²) in [7, 11) is 4.16. The predicted molar refractivity (Wildman–Crippen MR) is 49.6 cm³/mol. The Kier molecular flexibility index (Phi) is 4.72. The topological polar surface area (TPSA) is 18.5 Å². The molecule has 0 aliphatic heterocycles. The fourth-order valence-electron chi connectivity index (χ4n) is 0.432. The number of hydrogen-bond donors (Lipinski definition) is 0. The Bertz CT molecular complexity index is 119. The molecule has 0 aromatic heterocycles. The van der Waals surface area contributed by atoms with Crippen molar-refractivity contribution in [3.05, 3.63) is 24.5 Å². The van der Waals surface area contributed by atoms with Crippen molar-refractivity contribution in [1.82, 2.24) is 0 Å². The van der Waals surface area contributed by atoms with Crippen LogP contribution in [-0.4, -0.2) is 29.7 Å². The molecule has 0 aliphatic rings. The maximum Gasteiger partial charge on any atom is 0.376 e. The summed E-state index contributed by atoms with van der Waals surface area (Å²) in [5, 5.41) is 0. The van der Waals surface area contributed by atoms with Gasteiger partial charge >= 0.3 is 7.48 Å². The van der Waals surface area contributed by atoms with Gasteiger partial charge in [0.2, 0.25) is 0 Å². The summed E-state index contributed by atoms with van der Waals surface area (Å²) in [6.45, 7) is 7.69. The summed E-state index contributed by atoms with van der Waals surface area (Å²) in [5.74, 6) is 0. The van der Waals surface area contributed by atoms with E-state index in [-0.39, 0.29) is 0 Å². The zero-order valence-corrected chi connectivity index (χ0v) is 6.64. The number of hydrogen-bond acceptors (Lipinski definition) is 2. The molecule has 5 heteroatoms. The third-order valence-corrected chi connectivity index (χ3v) is 0.780. The first-order valence-corrected chi connectivity index (χ1v) is 3.19. The van der Waals surface area contributed by atoms with Crippen molar-refractivity contribution in [2.24, 2.45) is 0 Å². The highest BCUT2D eigenvalue weighted by Gasteiger charge is 1.92. The maximum absolute atomic E-state index is 5.03. The molecule has 0 atom stereocenters. The van der Waals surface area contributed by atoms with Crippen LogP contribution in [0.25, 0.3) is 0 Å². The molecular formula is C5H11B3O2. The van der Waals surface area contributed by atoms with Crippen LogP contribution >= 0.6 is 0 Å². The first kappa shape index (κ1) is 9.27. The zero-order valence-electron chi connectivity index (χ0n) is 6.64. The van der Waals surface area contributed by atoms with E-state index in [1.807, 2.05) is 0 Å². The van der Waals surface area contributed by atoms with Crippen LogP contribution in [0.4, 0.5) is 0 Å². The van der Waals surface area contributed by atoms with Gasteiger partial charge in [0, 0.05) is 11.3 Å². The SMILES string of the molecule is BC(=C)OBCOC(B)=C. The summed E-state index contributed by atoms with van der Waals surface area (Å²) >= 11 is 0. The van der Waals surface area contributed by atoms with Crippen molar-refractivity contribution in [2.75, 3.05) is 6.51 Å². The van der Waals surface area contributed by atoms with Gasteiger partial charge in [-0.15, -0.1) is 0 Å². The molecule has 0 heterocycles. The van der Waals surface area contributed by atoms with E-state index < -0.39 is 0 Å². The molecule has 0 radical (unpaired) electrons. The first-order chi connectivity index (χ1) is 4.63. The minimum Gasteiger partial charge on any atom is -0.572 e. The molecule has 52 valence electrons. The van der Waals surface area contributed by atoms with E-state index in [0.717, 1.165) is 0 Å². The van der Waals surface area contributed by atoms with Gasteiger partial charge in [0.15, 0.2) is 15.7 Å². The summed E-state index contributed by atoms with van der Waals surface area (Å²) in [5.41, 5.74) is 1.43. The van der Waals surface area contributed by atoms with Gasteiger partial charge in [-0.3, -0.25) is 0 Å². The molecule has 2 nitrogen and oxygen atoms in total. The van der Waals surface area contributed by atoms with Crippen molar-refractivity contribution < 1.29 is 9.39 Å². The van der Waals surface area contributed by atoms with Gasteiger partial charge in [0.1, 0.15) is 6.51 Å². The van der Waals surface area contributed by atoms with Crippen molar-refractivity contribution in [1.29, 1.82) is 0 Å². The van der Waals surface area contributed by atoms with E-state index in [2.05, 4.69) is 13.2 Å². The Morgan fingerprint density at radius 3 is 2.30 bits per heavy atom. The van der Waals surface area contributed by atoms with Crippen molar-refractivity contribution in [3.63, 3.8) is 0 Å². The average molecular weight is 136 g/mol. The quantitative estimate of drug-likeness (QED) is 0.261. The average Bonchev–Trinajstić information content (AvgIpc) is 1.79. The monoisotopic (exact) mass is 136 g/mol. The summed E-state index contributed by atoms with van der Waals surface area (Å²) < 4.78 is 10.1. The van der Waals surface area contributed by atoms with Gasteiger partial charge in [-0.25, -0.2) is 0 Å². The van der Waals surface area contributed by atoms with Crippen LogP contribution in [0.15, 0.2) is 24.5 Å². The predicted octanol–water partition coefficient (Wildman–Crippen LogP) is -1.46. The Hall–Kier alpha value is -0.725. The Balaban J connectivity index is 3.06. The molecule has 0 saturated heterocycles. The lowest BCUT2D eigenvalue weighted by Gasteiger charge is -2.05. The molecule has 10 heavy (non-hydrogen) atoms. The van der Waals surface area contributed by atoms with Crippen LogP contribution in [-0.2, 0) is 9.39 Å². The highest BCUT2D eigenvalue weighted by Crippen LogP contribution is 1.86. The maximum atomic E-state index is 5.03. The van der Waals surface area contributed by atoms with Crippen molar-refractivity contribution in [3.8, 4) is 0 Å². The molecule has 0 unspecified atom stereocenters. The second-order valence-corrected chi connectivity index (χ2v) is 2.10. The van der Waals surface area contributed by atoms with E-state index in [1.54, 1.807) is 15.7 Å². The number of rotatable bonds is 5. The van der Waals surface area contributed by atoms with Gasteiger partial charge in [0.05, 0.1) is 0 Å². The van der Waals surface area contributed by atoms with Gasteiger partial charge in [-0.2, -0.15) is 0 Å². The Morgan fingerprint density at radius 1 is 1.30 bits per heavy atom. The summed E-state index contributed by atoms with van der Waals surface area (Å²) in [4.78, 5) is 0. The highest BCUT2D eigenvalue weighted by atomic mass is 16.5. The zero-order chi connectivity index (χ0) is 7.98. The Morgan fingerprint density at radius 2 is 1.90 bits per heavy atom. The lowest BCUT2D eigenvalue weighted by molar-refractivity contribution is 0.280. The van der Waals surface area contributed by atoms with E-state index in [9.17, 15) is 0 Å². The second-order valence-electron chi connectivity index (χ2n) is 2.10. The van der Waals surface area contributed by atoms with Gasteiger partial charge < -0.3 is 9.39 Å². The minimum atomic E-state index is 0.544. The van der Waals surface area contributed by atoms with Crippen LogP contribution < -0.4 is 0 Å². The van der Waals surface area contributed by atoms with Crippen molar-refractivity contribution in [2.45, 2.75) is 0 Å². The van der Waals surface area contributed by atoms with Gasteiger partial charge in [-0.1, -0.05) is 13.2 Å². The van der Waals surface area contributed by atoms with Crippen LogP contribution in [0.5, 0.6) is 0 Å². The second kappa shape index (κ2) is 5.09. The van der Waals surface area contributed by atoms with E-state index >= 15 is 0 Å². The third-order valence-electron chi connectivity index (χ3n) is 0.780.